The molecule has 0 aliphatic carbocycles. The minimum absolute atomic E-state index is 0.489. The van der Waals surface area contributed by atoms with Gasteiger partial charge < -0.3 is 15.5 Å². The maximum absolute atomic E-state index is 5.83. The molecule has 0 bridgehead atoms. The molecule has 1 aromatic carbocycles. The molecular weight excluding hydrogens is 260 g/mol. The van der Waals surface area contributed by atoms with E-state index in [0.29, 0.717) is 12.6 Å². The zero-order valence-electron chi connectivity index (χ0n) is 12.9. The average Bonchev–Trinajstić information content (AvgIpc) is 2.53. The van der Waals surface area contributed by atoms with E-state index >= 15 is 0 Å². The summed E-state index contributed by atoms with van der Waals surface area (Å²) < 4.78 is 0. The third-order valence-electron chi connectivity index (χ3n) is 4.42. The van der Waals surface area contributed by atoms with Crippen molar-refractivity contribution in [3.05, 3.63) is 36.0 Å². The molecule has 2 N–H and O–H groups in total. The van der Waals surface area contributed by atoms with Crippen molar-refractivity contribution in [2.75, 3.05) is 32.1 Å². The molecule has 21 heavy (non-hydrogen) atoms. The predicted octanol–water partition coefficient (Wildman–Crippen LogP) is 2.22. The molecule has 0 saturated carbocycles. The third-order valence-corrected chi connectivity index (χ3v) is 4.42. The van der Waals surface area contributed by atoms with Gasteiger partial charge in [0.05, 0.1) is 11.2 Å². The summed E-state index contributed by atoms with van der Waals surface area (Å²) in [5.74, 6) is 0. The minimum Gasteiger partial charge on any atom is -0.369 e. The van der Waals surface area contributed by atoms with Crippen molar-refractivity contribution in [1.29, 1.82) is 0 Å². The van der Waals surface area contributed by atoms with E-state index in [1.54, 1.807) is 0 Å². The van der Waals surface area contributed by atoms with Gasteiger partial charge in [-0.25, -0.2) is 0 Å². The van der Waals surface area contributed by atoms with Crippen LogP contribution in [-0.4, -0.2) is 43.1 Å². The topological polar surface area (TPSA) is 45.4 Å². The lowest BCUT2D eigenvalue weighted by molar-refractivity contribution is 0.258. The summed E-state index contributed by atoms with van der Waals surface area (Å²) in [6, 6.07) is 11.1. The van der Waals surface area contributed by atoms with Gasteiger partial charge in [-0.1, -0.05) is 18.2 Å². The van der Waals surface area contributed by atoms with E-state index in [0.717, 1.165) is 24.3 Å². The molecule has 1 saturated heterocycles. The zero-order valence-corrected chi connectivity index (χ0v) is 12.9. The lowest BCUT2D eigenvalue weighted by Crippen LogP contribution is -2.45. The number of aromatic nitrogens is 1. The van der Waals surface area contributed by atoms with Crippen LogP contribution in [0.2, 0.25) is 0 Å². The molecule has 4 heteroatoms. The fourth-order valence-electron chi connectivity index (χ4n) is 3.17. The van der Waals surface area contributed by atoms with E-state index in [2.05, 4.69) is 53.1 Å². The number of pyridine rings is 1. The number of likely N-dealkylation sites (N-methyl/N-ethyl adjacent to an activating group) is 1. The number of anilines is 1. The van der Waals surface area contributed by atoms with Gasteiger partial charge in [0.1, 0.15) is 0 Å². The Kier molecular flexibility index (Phi) is 4.08. The summed E-state index contributed by atoms with van der Waals surface area (Å²) in [5, 5.41) is 1.23. The van der Waals surface area contributed by atoms with E-state index in [-0.39, 0.29) is 0 Å². The molecule has 1 aliphatic rings. The van der Waals surface area contributed by atoms with Crippen LogP contribution in [0.15, 0.2) is 30.3 Å². The third kappa shape index (κ3) is 2.87. The van der Waals surface area contributed by atoms with Gasteiger partial charge in [0.15, 0.2) is 0 Å². The number of hydrogen-bond donors (Lipinski definition) is 1. The first kappa shape index (κ1) is 14.3. The van der Waals surface area contributed by atoms with Gasteiger partial charge in [0.25, 0.3) is 0 Å². The van der Waals surface area contributed by atoms with Gasteiger partial charge in [-0.15, -0.1) is 0 Å². The molecule has 2 heterocycles. The Labute approximate surface area is 126 Å². The number of rotatable bonds is 3. The highest BCUT2D eigenvalue weighted by Crippen LogP contribution is 2.29. The van der Waals surface area contributed by atoms with Gasteiger partial charge in [0, 0.05) is 36.7 Å². The molecular formula is C17H24N4. The summed E-state index contributed by atoms with van der Waals surface area (Å²) in [4.78, 5) is 9.47. The van der Waals surface area contributed by atoms with Crippen LogP contribution >= 0.6 is 0 Å². The first-order valence-corrected chi connectivity index (χ1v) is 7.69. The summed E-state index contributed by atoms with van der Waals surface area (Å²) >= 11 is 0. The van der Waals surface area contributed by atoms with Crippen molar-refractivity contribution in [1.82, 2.24) is 9.88 Å². The van der Waals surface area contributed by atoms with Crippen molar-refractivity contribution in [2.45, 2.75) is 25.4 Å². The van der Waals surface area contributed by atoms with Gasteiger partial charge in [-0.05, 0) is 39.1 Å². The van der Waals surface area contributed by atoms with Crippen LogP contribution in [-0.2, 0) is 6.54 Å². The molecule has 1 fully saturated rings. The molecule has 1 aliphatic heterocycles. The fourth-order valence-corrected chi connectivity index (χ4v) is 3.17. The molecule has 0 spiro atoms. The molecule has 3 rings (SSSR count). The Balaban J connectivity index is 2.02. The molecule has 1 atom stereocenters. The Bertz CT molecular complexity index is 623. The molecule has 0 amide bonds. The van der Waals surface area contributed by atoms with E-state index in [1.807, 2.05) is 6.07 Å². The van der Waals surface area contributed by atoms with Crippen LogP contribution in [0.5, 0.6) is 0 Å². The Morgan fingerprint density at radius 3 is 2.90 bits per heavy atom. The zero-order chi connectivity index (χ0) is 14.8. The number of benzene rings is 1. The molecule has 4 nitrogen and oxygen atoms in total. The summed E-state index contributed by atoms with van der Waals surface area (Å²) in [5.41, 5.74) is 9.12. The largest absolute Gasteiger partial charge is 0.369 e. The number of piperidine rings is 1. The Morgan fingerprint density at radius 1 is 1.33 bits per heavy atom. The van der Waals surface area contributed by atoms with Crippen LogP contribution in [0.4, 0.5) is 5.69 Å². The quantitative estimate of drug-likeness (QED) is 0.939. The van der Waals surface area contributed by atoms with Crippen LogP contribution in [0.3, 0.4) is 0 Å². The predicted molar refractivity (Wildman–Crippen MR) is 88.6 cm³/mol. The van der Waals surface area contributed by atoms with E-state index in [4.69, 9.17) is 5.73 Å². The fraction of sp³-hybridized carbons (Fsp3) is 0.471. The number of nitrogens with two attached hydrogens (primary N) is 1. The van der Waals surface area contributed by atoms with Crippen molar-refractivity contribution < 1.29 is 0 Å². The minimum atomic E-state index is 0.489. The second-order valence-electron chi connectivity index (χ2n) is 6.06. The first-order valence-electron chi connectivity index (χ1n) is 7.69. The van der Waals surface area contributed by atoms with E-state index in [9.17, 15) is 0 Å². The standard InChI is InChI=1S/C17H24N4/c1-20(2)14-6-5-9-21(12-14)17-10-13(11-18)19-16-8-4-3-7-15(16)17/h3-4,7-8,10,14H,5-6,9,11-12,18H2,1-2H3. The average molecular weight is 284 g/mol. The summed E-state index contributed by atoms with van der Waals surface area (Å²) in [7, 11) is 4.34. The second kappa shape index (κ2) is 6.00. The number of para-hydroxylation sites is 1. The number of hydrogen-bond acceptors (Lipinski definition) is 4. The van der Waals surface area contributed by atoms with E-state index < -0.39 is 0 Å². The molecule has 0 radical (unpaired) electrons. The van der Waals surface area contributed by atoms with Crippen LogP contribution in [0.25, 0.3) is 10.9 Å². The summed E-state index contributed by atoms with van der Waals surface area (Å²) in [6.45, 7) is 2.68. The first-order chi connectivity index (χ1) is 10.2. The van der Waals surface area contributed by atoms with Crippen LogP contribution in [0.1, 0.15) is 18.5 Å². The van der Waals surface area contributed by atoms with Gasteiger partial charge in [-0.2, -0.15) is 0 Å². The highest BCUT2D eigenvalue weighted by Gasteiger charge is 2.23. The van der Waals surface area contributed by atoms with Crippen LogP contribution < -0.4 is 10.6 Å². The lowest BCUT2D eigenvalue weighted by Gasteiger charge is -2.38. The summed E-state index contributed by atoms with van der Waals surface area (Å²) in [6.07, 6.45) is 2.51. The molecule has 1 aromatic heterocycles. The smallest absolute Gasteiger partial charge is 0.0726 e. The highest BCUT2D eigenvalue weighted by molar-refractivity contribution is 5.92. The molecule has 1 unspecified atom stereocenters. The number of fused-ring (bicyclic) bond motifs is 1. The maximum atomic E-state index is 5.83. The van der Waals surface area contributed by atoms with Crippen molar-refractivity contribution in [3.63, 3.8) is 0 Å². The Hall–Kier alpha value is -1.65. The van der Waals surface area contributed by atoms with Crippen molar-refractivity contribution in [2.24, 2.45) is 5.73 Å². The van der Waals surface area contributed by atoms with Crippen molar-refractivity contribution >= 4 is 16.6 Å². The lowest BCUT2D eigenvalue weighted by atomic mass is 10.0. The monoisotopic (exact) mass is 284 g/mol. The van der Waals surface area contributed by atoms with Gasteiger partial charge in [-0.3, -0.25) is 4.98 Å². The number of nitrogens with zero attached hydrogens (tertiary/aromatic N) is 3. The van der Waals surface area contributed by atoms with E-state index in [1.165, 1.54) is 23.9 Å². The molecule has 112 valence electrons. The highest BCUT2D eigenvalue weighted by atomic mass is 15.2. The van der Waals surface area contributed by atoms with Crippen LogP contribution in [0, 0.1) is 0 Å². The molecule has 2 aromatic rings. The normalized spacial score (nSPS) is 19.4. The second-order valence-corrected chi connectivity index (χ2v) is 6.06. The SMILES string of the molecule is CN(C)C1CCCN(c2cc(CN)nc3ccccc23)C1. The van der Waals surface area contributed by atoms with Crippen molar-refractivity contribution in [3.8, 4) is 0 Å². The maximum Gasteiger partial charge on any atom is 0.0726 e. The Morgan fingerprint density at radius 2 is 2.14 bits per heavy atom. The van der Waals surface area contributed by atoms with Gasteiger partial charge in [0.2, 0.25) is 0 Å². The van der Waals surface area contributed by atoms with Gasteiger partial charge >= 0.3 is 0 Å².